The van der Waals surface area contributed by atoms with Crippen molar-refractivity contribution in [2.75, 3.05) is 0 Å². The van der Waals surface area contributed by atoms with E-state index in [9.17, 15) is 79.5 Å². The van der Waals surface area contributed by atoms with E-state index in [4.69, 9.17) is 0 Å². The second kappa shape index (κ2) is 19.2. The van der Waals surface area contributed by atoms with Crippen LogP contribution in [0.5, 0.6) is 51.7 Å². The molecule has 75 heavy (non-hydrogen) atoms. The van der Waals surface area contributed by atoms with Crippen LogP contribution in [0.1, 0.15) is 141 Å². The molecule has 11 rings (SSSR count). The number of Topliss-reactive ketones (excluding diaryl/α,β-unsaturated/α-hetero) is 1. The molecule has 0 saturated carbocycles. The zero-order valence-corrected chi connectivity index (χ0v) is 40.7. The first-order chi connectivity index (χ1) is 35.3. The van der Waals surface area contributed by atoms with E-state index in [1.165, 1.54) is 55.5 Å². The quantitative estimate of drug-likeness (QED) is 0.0692. The van der Waals surface area contributed by atoms with Crippen LogP contribution in [0, 0.1) is 34.6 Å². The molecule has 3 aliphatic rings. The summed E-state index contributed by atoms with van der Waals surface area (Å²) in [5, 5.41) is 89.4. The van der Waals surface area contributed by atoms with Crippen LogP contribution in [0.4, 0.5) is 0 Å². The van der Waals surface area contributed by atoms with Crippen molar-refractivity contribution in [2.24, 2.45) is 0 Å². The molecular formula is C59H44O16. The molecule has 16 nitrogen and oxygen atoms in total. The topological polar surface area (TPSA) is 302 Å². The maximum Gasteiger partial charge on any atom is 0.201 e. The molecule has 0 saturated heterocycles. The van der Waals surface area contributed by atoms with E-state index >= 15 is 0 Å². The first kappa shape index (κ1) is 51.3. The third-order valence-corrected chi connectivity index (χ3v) is 12.6. The predicted octanol–water partition coefficient (Wildman–Crippen LogP) is 9.32. The van der Waals surface area contributed by atoms with Crippen LogP contribution >= 0.6 is 0 Å². The number of hydrogen-bond donors (Lipinski definition) is 9. The zero-order valence-electron chi connectivity index (χ0n) is 40.7. The van der Waals surface area contributed by atoms with Crippen molar-refractivity contribution >= 4 is 51.3 Å². The Labute approximate surface area is 425 Å². The monoisotopic (exact) mass is 1010 g/mol. The fourth-order valence-corrected chi connectivity index (χ4v) is 9.40. The van der Waals surface area contributed by atoms with E-state index in [0.717, 1.165) is 23.1 Å². The largest absolute Gasteiger partial charge is 0.508 e. The lowest BCUT2D eigenvalue weighted by Gasteiger charge is -2.20. The minimum atomic E-state index is -0.635. The van der Waals surface area contributed by atoms with Gasteiger partial charge in [0.25, 0.3) is 0 Å². The van der Waals surface area contributed by atoms with Gasteiger partial charge in [0.1, 0.15) is 51.7 Å². The smallest absolute Gasteiger partial charge is 0.201 e. The average molecular weight is 1010 g/mol. The van der Waals surface area contributed by atoms with Gasteiger partial charge in [0.2, 0.25) is 17.3 Å². The van der Waals surface area contributed by atoms with Crippen LogP contribution in [0.2, 0.25) is 0 Å². The number of hydrogen-bond acceptors (Lipinski definition) is 16. The highest BCUT2D eigenvalue weighted by atomic mass is 16.3. The lowest BCUT2D eigenvalue weighted by Crippen LogP contribution is -2.21. The minimum absolute atomic E-state index is 0.00407. The number of phenolic OH excluding ortho intramolecular Hbond substituents is 9. The maximum absolute atomic E-state index is 12.5. The van der Waals surface area contributed by atoms with Gasteiger partial charge in [-0.1, -0.05) is 24.3 Å². The third kappa shape index (κ3) is 9.01. The summed E-state index contributed by atoms with van der Waals surface area (Å²) >= 11 is 0. The summed E-state index contributed by atoms with van der Waals surface area (Å²) in [6, 6.07) is 25.1. The summed E-state index contributed by atoms with van der Waals surface area (Å²) in [5.74, 6) is -5.32. The fraction of sp³-hybridized carbons (Fsp3) is 0.102. The van der Waals surface area contributed by atoms with Crippen molar-refractivity contribution in [2.45, 2.75) is 41.5 Å². The second-order valence-electron chi connectivity index (χ2n) is 18.3. The number of rotatable bonds is 1. The third-order valence-electron chi connectivity index (χ3n) is 12.6. The highest BCUT2D eigenvalue weighted by Crippen LogP contribution is 2.42. The van der Waals surface area contributed by atoms with Crippen LogP contribution < -0.4 is 0 Å². The fourth-order valence-electron chi connectivity index (χ4n) is 9.40. The molecule has 376 valence electrons. The Morgan fingerprint density at radius 1 is 0.333 bits per heavy atom. The maximum atomic E-state index is 12.5. The lowest BCUT2D eigenvalue weighted by molar-refractivity contribution is 0.0974. The molecule has 0 heterocycles. The number of fused-ring (bicyclic) bond motifs is 7. The first-order valence-corrected chi connectivity index (χ1v) is 22.8. The first-order valence-electron chi connectivity index (χ1n) is 22.8. The predicted molar refractivity (Wildman–Crippen MR) is 272 cm³/mol. The Morgan fingerprint density at radius 2 is 0.667 bits per heavy atom. The highest BCUT2D eigenvalue weighted by Gasteiger charge is 2.37. The SMILES string of the molecule is CC(=O)c1ccc2cc(C)cc(O)c2c1O.Cc1cc(O)c2c(c1)C(=O)c1cc(C)cc(O)c1C2=O.Cc1cc(O)c2c(c1)C(=O)c1cc(O)cc(O)c1C2=O.Cc1cc(O)c2c(c1)C(=O)c1cccc(O)c1C2=O. The molecular weight excluding hydrogens is 965 g/mol. The van der Waals surface area contributed by atoms with Gasteiger partial charge in [0.15, 0.2) is 23.1 Å². The van der Waals surface area contributed by atoms with Crippen LogP contribution in [-0.4, -0.2) is 86.4 Å². The number of aromatic hydroxyl groups is 9. The zero-order chi connectivity index (χ0) is 54.8. The van der Waals surface area contributed by atoms with Gasteiger partial charge in [0.05, 0.1) is 44.3 Å². The molecule has 3 aliphatic carbocycles. The van der Waals surface area contributed by atoms with E-state index < -0.39 is 28.9 Å². The van der Waals surface area contributed by atoms with Crippen molar-refractivity contribution in [3.8, 4) is 51.7 Å². The summed E-state index contributed by atoms with van der Waals surface area (Å²) in [6.07, 6.45) is 0. The molecule has 0 spiro atoms. The number of carbonyl (C=O) groups excluding carboxylic acids is 7. The van der Waals surface area contributed by atoms with Crippen LogP contribution in [0.3, 0.4) is 0 Å². The van der Waals surface area contributed by atoms with Gasteiger partial charge >= 0.3 is 0 Å². The molecule has 8 aromatic carbocycles. The molecule has 0 radical (unpaired) electrons. The molecule has 0 atom stereocenters. The summed E-state index contributed by atoms with van der Waals surface area (Å²) < 4.78 is 0. The van der Waals surface area contributed by atoms with E-state index in [1.807, 2.05) is 13.0 Å². The molecule has 0 amide bonds. The summed E-state index contributed by atoms with van der Waals surface area (Å²) in [7, 11) is 0. The Hall–Kier alpha value is -10.1. The van der Waals surface area contributed by atoms with E-state index in [0.29, 0.717) is 27.6 Å². The average Bonchev–Trinajstić information content (AvgIpc) is 3.31. The number of phenols is 9. The molecule has 16 heteroatoms. The molecule has 9 N–H and O–H groups in total. The number of carbonyl (C=O) groups is 7. The Morgan fingerprint density at radius 3 is 1.07 bits per heavy atom. The standard InChI is InChI=1S/C16H12O4.C15H10O5.C15H10O4.C13H12O3/c1-7-3-9-13(11(17)5-7)16(20)14-10(15(9)19)4-8(2)6-12(14)18;1-6-2-8-12(10(17)3-6)15(20)13-9(14(8)19)4-7(16)5-11(13)18;1-7-5-9-13(11(17)6-7)15(19)12-8(14(9)18)3-2-4-10(12)16;1-7-5-9-3-4-10(8(2)14)13(16)12(9)11(15)6-7/h3-6,17-18H,1-2H3;2-5,16-18H,1H3;2-6,16-17H,1H3;3-6,15-16H,1-2H3. The van der Waals surface area contributed by atoms with Crippen molar-refractivity contribution in [3.63, 3.8) is 0 Å². The Bertz CT molecular complexity index is 3650. The molecule has 0 aromatic heterocycles. The van der Waals surface area contributed by atoms with Crippen LogP contribution in [0.25, 0.3) is 10.8 Å². The lowest BCUT2D eigenvalue weighted by atomic mass is 9.81. The van der Waals surface area contributed by atoms with E-state index in [-0.39, 0.29) is 136 Å². The molecule has 0 bridgehead atoms. The Balaban J connectivity index is 0.000000133. The summed E-state index contributed by atoms with van der Waals surface area (Å²) in [5.41, 5.74) is 4.12. The molecule has 0 aliphatic heterocycles. The van der Waals surface area contributed by atoms with Crippen LogP contribution in [0.15, 0.2) is 103 Å². The minimum Gasteiger partial charge on any atom is -0.508 e. The van der Waals surface area contributed by atoms with Gasteiger partial charge in [-0.25, -0.2) is 0 Å². The summed E-state index contributed by atoms with van der Waals surface area (Å²) in [6.45, 7) is 10.1. The van der Waals surface area contributed by atoms with Gasteiger partial charge in [-0.05, 0) is 148 Å². The normalized spacial score (nSPS) is 12.6. The summed E-state index contributed by atoms with van der Waals surface area (Å²) in [4.78, 5) is 85.6. The number of benzene rings is 8. The molecule has 0 fully saturated rings. The van der Waals surface area contributed by atoms with Gasteiger partial charge in [-0.15, -0.1) is 0 Å². The van der Waals surface area contributed by atoms with E-state index in [1.54, 1.807) is 64.1 Å². The second-order valence-corrected chi connectivity index (χ2v) is 18.3. The number of aryl methyl sites for hydroxylation is 5. The van der Waals surface area contributed by atoms with Gasteiger partial charge in [-0.3, -0.25) is 33.6 Å². The molecule has 8 aromatic rings. The van der Waals surface area contributed by atoms with Gasteiger partial charge in [0, 0.05) is 39.4 Å². The van der Waals surface area contributed by atoms with E-state index in [2.05, 4.69) is 0 Å². The molecule has 0 unspecified atom stereocenters. The van der Waals surface area contributed by atoms with Crippen molar-refractivity contribution in [1.29, 1.82) is 0 Å². The Kier molecular flexibility index (Phi) is 13.1. The van der Waals surface area contributed by atoms with Gasteiger partial charge in [-0.2, -0.15) is 0 Å². The van der Waals surface area contributed by atoms with Crippen LogP contribution in [-0.2, 0) is 0 Å². The van der Waals surface area contributed by atoms with Crippen molar-refractivity contribution in [1.82, 2.24) is 0 Å². The van der Waals surface area contributed by atoms with Crippen molar-refractivity contribution < 1.29 is 79.5 Å². The number of ketones is 7. The van der Waals surface area contributed by atoms with Crippen molar-refractivity contribution in [3.05, 3.63) is 203 Å². The highest BCUT2D eigenvalue weighted by molar-refractivity contribution is 6.32. The van der Waals surface area contributed by atoms with Gasteiger partial charge < -0.3 is 46.0 Å².